The van der Waals surface area contributed by atoms with Gasteiger partial charge in [0.2, 0.25) is 0 Å². The second-order valence-electron chi connectivity index (χ2n) is 27.6. The highest BCUT2D eigenvalue weighted by atomic mass is 31.2. The molecule has 0 radical (unpaired) electrons. The van der Waals surface area contributed by atoms with Crippen LogP contribution in [0.4, 0.5) is 0 Å². The number of phosphoric acid groups is 2. The van der Waals surface area contributed by atoms with Crippen LogP contribution in [0.5, 0.6) is 0 Å². The highest BCUT2D eigenvalue weighted by Crippen LogP contribution is 2.45. The topological polar surface area (TPSA) is 237 Å². The third-order valence-electron chi connectivity index (χ3n) is 17.2. The molecule has 5 atom stereocenters. The average Bonchev–Trinajstić information content (AvgIpc) is 1.50. The molecule has 2 unspecified atom stereocenters. The Morgan fingerprint density at radius 1 is 0.290 bits per heavy atom. The second kappa shape index (κ2) is 66.0. The highest BCUT2D eigenvalue weighted by molar-refractivity contribution is 7.47. The van der Waals surface area contributed by atoms with Gasteiger partial charge in [0, 0.05) is 25.7 Å². The summed E-state index contributed by atoms with van der Waals surface area (Å²) in [4.78, 5) is 72.6. The number of carbonyl (C=O) groups excluding carboxylic acids is 4. The Morgan fingerprint density at radius 3 is 0.731 bits per heavy atom. The smallest absolute Gasteiger partial charge is 0.462 e. The summed E-state index contributed by atoms with van der Waals surface area (Å²) in [5, 5.41) is 10.6. The summed E-state index contributed by atoms with van der Waals surface area (Å²) in [5.41, 5.74) is 0. The Balaban J connectivity index is 5.20. The second-order valence-corrected chi connectivity index (χ2v) is 30.5. The quantitative estimate of drug-likeness (QED) is 0.0222. The highest BCUT2D eigenvalue weighted by Gasteiger charge is 2.30. The number of hydrogen-bond acceptors (Lipinski definition) is 15. The van der Waals surface area contributed by atoms with Gasteiger partial charge in [0.1, 0.15) is 19.3 Å². The Morgan fingerprint density at radius 2 is 0.495 bits per heavy atom. The minimum absolute atomic E-state index is 0.106. The van der Waals surface area contributed by atoms with Crippen LogP contribution in [0.25, 0.3) is 0 Å². The molecule has 0 aromatic rings. The van der Waals surface area contributed by atoms with Crippen molar-refractivity contribution in [3.63, 3.8) is 0 Å². The van der Waals surface area contributed by atoms with Gasteiger partial charge in [-0.1, -0.05) is 330 Å². The van der Waals surface area contributed by atoms with E-state index in [1.165, 1.54) is 186 Å². The van der Waals surface area contributed by atoms with E-state index >= 15 is 0 Å². The lowest BCUT2D eigenvalue weighted by Crippen LogP contribution is -2.30. The summed E-state index contributed by atoms with van der Waals surface area (Å²) in [6, 6.07) is 0. The molecule has 17 nitrogen and oxygen atoms in total. The van der Waals surface area contributed by atoms with Gasteiger partial charge in [0.05, 0.1) is 26.4 Å². The summed E-state index contributed by atoms with van der Waals surface area (Å²) in [6.45, 7) is 9.55. The summed E-state index contributed by atoms with van der Waals surface area (Å²) in [7, 11) is -9.90. The molecule has 0 rings (SSSR count). The monoisotopic (exact) mass is 1370 g/mol. The fourth-order valence-electron chi connectivity index (χ4n) is 11.3. The van der Waals surface area contributed by atoms with E-state index in [4.69, 9.17) is 37.0 Å². The Kier molecular flexibility index (Phi) is 64.6. The van der Waals surface area contributed by atoms with Crippen LogP contribution in [0.15, 0.2) is 0 Å². The third-order valence-corrected chi connectivity index (χ3v) is 19.1. The molecule has 0 aromatic carbocycles. The molecule has 0 saturated carbocycles. The molecule has 0 bridgehead atoms. The van der Waals surface area contributed by atoms with Crippen molar-refractivity contribution in [2.45, 2.75) is 400 Å². The Bertz CT molecular complexity index is 1800. The van der Waals surface area contributed by atoms with Gasteiger partial charge in [0.25, 0.3) is 0 Å². The van der Waals surface area contributed by atoms with Crippen LogP contribution in [0.1, 0.15) is 382 Å². The first-order valence-corrected chi connectivity index (χ1v) is 41.5. The number of aliphatic hydroxyl groups excluding tert-OH is 1. The molecular weight excluding hydrogens is 1220 g/mol. The lowest BCUT2D eigenvalue weighted by Gasteiger charge is -2.21. The first-order valence-electron chi connectivity index (χ1n) is 38.5. The van der Waals surface area contributed by atoms with Crippen molar-refractivity contribution < 1.29 is 80.2 Å². The van der Waals surface area contributed by atoms with Gasteiger partial charge < -0.3 is 33.8 Å². The van der Waals surface area contributed by atoms with Crippen LogP contribution in [0.2, 0.25) is 0 Å². The van der Waals surface area contributed by atoms with Crippen LogP contribution in [-0.4, -0.2) is 96.7 Å². The fraction of sp³-hybridized carbons (Fsp3) is 0.946. The standard InChI is InChI=1S/C74H144O17P2/c1-7-9-11-13-15-16-17-18-19-20-21-24-28-34-40-46-52-58-73(78)91-70(63-85-72(77)57-51-45-39-33-27-25-22-23-26-31-37-42-48-54-66(3)4)65-89-93(82,83)87-61-68(75)60-86-92(80,81)88-64-69(62-84-71(76)56-50-44-36-14-12-10-8-2)90-74(79)59-53-47-41-35-30-29-32-38-43-49-55-67(5)6/h66-70,75H,7-65H2,1-6H3,(H,80,81)(H,82,83)/t68-,69+,70+/m0/s1. The maximum atomic E-state index is 13.1. The molecule has 0 aliphatic rings. The minimum Gasteiger partial charge on any atom is -0.462 e. The number of hydrogen-bond donors (Lipinski definition) is 3. The first-order chi connectivity index (χ1) is 44.9. The van der Waals surface area contributed by atoms with E-state index in [-0.39, 0.29) is 25.7 Å². The van der Waals surface area contributed by atoms with Gasteiger partial charge in [-0.2, -0.15) is 0 Å². The van der Waals surface area contributed by atoms with Gasteiger partial charge in [-0.25, -0.2) is 9.13 Å². The lowest BCUT2D eigenvalue weighted by atomic mass is 10.0. The van der Waals surface area contributed by atoms with Gasteiger partial charge >= 0.3 is 39.5 Å². The zero-order valence-electron chi connectivity index (χ0n) is 60.6. The largest absolute Gasteiger partial charge is 0.472 e. The van der Waals surface area contributed by atoms with Crippen molar-refractivity contribution in [2.75, 3.05) is 39.6 Å². The number of rotatable bonds is 73. The molecule has 3 N–H and O–H groups in total. The van der Waals surface area contributed by atoms with Crippen LogP contribution >= 0.6 is 15.6 Å². The number of unbranched alkanes of at least 4 members (excludes halogenated alkanes) is 43. The van der Waals surface area contributed by atoms with Crippen molar-refractivity contribution in [3.05, 3.63) is 0 Å². The first kappa shape index (κ1) is 91.1. The zero-order valence-corrected chi connectivity index (χ0v) is 62.3. The van der Waals surface area contributed by atoms with Gasteiger partial charge in [-0.05, 0) is 37.5 Å². The number of aliphatic hydroxyl groups is 1. The minimum atomic E-state index is -4.95. The average molecular weight is 1370 g/mol. The molecule has 0 heterocycles. The normalized spacial score (nSPS) is 14.1. The van der Waals surface area contributed by atoms with Crippen LogP contribution in [0.3, 0.4) is 0 Å². The van der Waals surface area contributed by atoms with E-state index in [0.717, 1.165) is 115 Å². The maximum Gasteiger partial charge on any atom is 0.472 e. The van der Waals surface area contributed by atoms with E-state index < -0.39 is 97.5 Å². The molecule has 0 aromatic heterocycles. The fourth-order valence-corrected chi connectivity index (χ4v) is 12.9. The predicted molar refractivity (Wildman–Crippen MR) is 377 cm³/mol. The van der Waals surface area contributed by atoms with Crippen LogP contribution < -0.4 is 0 Å². The number of carbonyl (C=O) groups is 4. The Hall–Kier alpha value is -1.94. The number of ether oxygens (including phenoxy) is 4. The van der Waals surface area contributed by atoms with Crippen LogP contribution in [-0.2, 0) is 65.4 Å². The molecule has 0 saturated heterocycles. The maximum absolute atomic E-state index is 13.1. The molecule has 0 spiro atoms. The number of esters is 4. The molecule has 0 aliphatic carbocycles. The molecule has 19 heteroatoms. The summed E-state index contributed by atoms with van der Waals surface area (Å²) in [5.74, 6) is -0.578. The SMILES string of the molecule is CCCCCCCCCCCCCCCCCCCC(=O)O[C@H](COC(=O)CCCCCCCCCCCCCCCC(C)C)COP(=O)(O)OC[C@@H](O)COP(=O)(O)OC[C@@H](COC(=O)CCCCCCCCC)OC(=O)CCCCCCCCCCCCC(C)C. The predicted octanol–water partition coefficient (Wildman–Crippen LogP) is 21.6. The molecule has 0 fully saturated rings. The van der Waals surface area contributed by atoms with Crippen molar-refractivity contribution in [2.24, 2.45) is 11.8 Å². The van der Waals surface area contributed by atoms with Gasteiger partial charge in [-0.3, -0.25) is 37.3 Å². The molecule has 0 aliphatic heterocycles. The molecular formula is C74H144O17P2. The Labute approximate surface area is 568 Å². The third kappa shape index (κ3) is 68.4. The van der Waals surface area contributed by atoms with Crippen molar-refractivity contribution in [1.29, 1.82) is 0 Å². The summed E-state index contributed by atoms with van der Waals surface area (Å²) in [6.07, 6.45) is 52.8. The number of phosphoric ester groups is 2. The van der Waals surface area contributed by atoms with E-state index in [9.17, 15) is 43.2 Å². The van der Waals surface area contributed by atoms with E-state index in [0.29, 0.717) is 25.7 Å². The van der Waals surface area contributed by atoms with Gasteiger partial charge in [-0.15, -0.1) is 0 Å². The van der Waals surface area contributed by atoms with E-state index in [1.807, 2.05) is 0 Å². The lowest BCUT2D eigenvalue weighted by molar-refractivity contribution is -0.161. The zero-order chi connectivity index (χ0) is 68.6. The van der Waals surface area contributed by atoms with Crippen molar-refractivity contribution >= 4 is 39.5 Å². The molecule has 0 amide bonds. The molecule has 552 valence electrons. The van der Waals surface area contributed by atoms with E-state index in [2.05, 4.69) is 41.5 Å². The van der Waals surface area contributed by atoms with E-state index in [1.54, 1.807) is 0 Å². The van der Waals surface area contributed by atoms with Crippen molar-refractivity contribution in [3.8, 4) is 0 Å². The van der Waals surface area contributed by atoms with Gasteiger partial charge in [0.15, 0.2) is 12.2 Å². The summed E-state index contributed by atoms with van der Waals surface area (Å²) < 4.78 is 68.4. The van der Waals surface area contributed by atoms with Crippen LogP contribution in [0, 0.1) is 11.8 Å². The van der Waals surface area contributed by atoms with Crippen molar-refractivity contribution in [1.82, 2.24) is 0 Å². The summed E-state index contributed by atoms with van der Waals surface area (Å²) >= 11 is 0. The molecule has 93 heavy (non-hydrogen) atoms.